The molecule has 0 amide bonds. The second-order valence-corrected chi connectivity index (χ2v) is 15.4. The third-order valence-corrected chi connectivity index (χ3v) is 11.4. The summed E-state index contributed by atoms with van der Waals surface area (Å²) in [4.78, 5) is 25.9. The lowest BCUT2D eigenvalue weighted by molar-refractivity contribution is 0.653. The highest BCUT2D eigenvalue weighted by Gasteiger charge is 2.41. The summed E-state index contributed by atoms with van der Waals surface area (Å²) in [6.45, 7) is 8.87. The molecule has 0 atom stereocenters. The molecule has 0 unspecified atom stereocenters. The van der Waals surface area contributed by atoms with Crippen molar-refractivity contribution in [2.24, 2.45) is 15.0 Å². The summed E-state index contributed by atoms with van der Waals surface area (Å²) in [5.41, 5.74) is 12.8. The number of hydrogen-bond donors (Lipinski definition) is 0. The maximum absolute atomic E-state index is 5.47. The van der Waals surface area contributed by atoms with Gasteiger partial charge in [-0.3, -0.25) is 4.99 Å². The zero-order chi connectivity index (χ0) is 39.9. The molecular weight excluding hydrogens is 721 g/mol. The van der Waals surface area contributed by atoms with Crippen molar-refractivity contribution >= 4 is 40.2 Å². The third-order valence-electron chi connectivity index (χ3n) is 11.4. The molecule has 0 spiro atoms. The quantitative estimate of drug-likeness (QED) is 0.120. The van der Waals surface area contributed by atoms with Gasteiger partial charge in [-0.1, -0.05) is 159 Å². The van der Waals surface area contributed by atoms with Crippen molar-refractivity contribution in [2.45, 2.75) is 25.8 Å². The number of fused-ring (bicyclic) bond motifs is 6. The van der Waals surface area contributed by atoms with E-state index in [4.69, 9.17) is 20.0 Å². The van der Waals surface area contributed by atoms with E-state index in [2.05, 4.69) is 164 Å². The van der Waals surface area contributed by atoms with Crippen molar-refractivity contribution in [2.75, 3.05) is 0 Å². The van der Waals surface area contributed by atoms with Crippen LogP contribution in [0.25, 0.3) is 61.3 Å². The summed E-state index contributed by atoms with van der Waals surface area (Å²) >= 11 is 0. The van der Waals surface area contributed by atoms with Crippen LogP contribution in [0.5, 0.6) is 0 Å². The van der Waals surface area contributed by atoms with Crippen LogP contribution in [-0.4, -0.2) is 32.9 Å². The molecule has 1 aliphatic carbocycles. The first-order valence-corrected chi connectivity index (χ1v) is 19.9. The third kappa shape index (κ3) is 6.35. The number of hydrogen-bond acceptors (Lipinski definition) is 3. The first kappa shape index (κ1) is 35.8. The maximum Gasteiger partial charge on any atom is 0.176 e. The van der Waals surface area contributed by atoms with Crippen LogP contribution in [0, 0.1) is 0 Å². The van der Waals surface area contributed by atoms with Crippen LogP contribution >= 0.6 is 0 Å². The highest BCUT2D eigenvalue weighted by molar-refractivity contribution is 6.14. The lowest BCUT2D eigenvalue weighted by atomic mass is 9.81. The van der Waals surface area contributed by atoms with Gasteiger partial charge in [-0.2, -0.15) is 0 Å². The Morgan fingerprint density at radius 2 is 1.22 bits per heavy atom. The molecule has 0 N–H and O–H groups in total. The van der Waals surface area contributed by atoms with Crippen LogP contribution in [0.4, 0.5) is 0 Å². The molecular formula is C53H40N6. The van der Waals surface area contributed by atoms with Gasteiger partial charge >= 0.3 is 0 Å². The molecule has 1 aliphatic rings. The summed E-state index contributed by atoms with van der Waals surface area (Å²) in [7, 11) is 0. The Labute approximate surface area is 343 Å². The lowest BCUT2D eigenvalue weighted by Gasteiger charge is -2.23. The predicted molar refractivity (Wildman–Crippen MR) is 244 cm³/mol. The fourth-order valence-corrected chi connectivity index (χ4v) is 8.52. The average molecular weight is 761 g/mol. The zero-order valence-electron chi connectivity index (χ0n) is 32.9. The Kier molecular flexibility index (Phi) is 8.95. The van der Waals surface area contributed by atoms with Crippen molar-refractivity contribution < 1.29 is 0 Å². The van der Waals surface area contributed by atoms with Crippen molar-refractivity contribution in [3.63, 3.8) is 0 Å². The Morgan fingerprint density at radius 1 is 0.593 bits per heavy atom. The van der Waals surface area contributed by atoms with Gasteiger partial charge in [0.15, 0.2) is 17.5 Å². The van der Waals surface area contributed by atoms with Crippen LogP contribution in [0.15, 0.2) is 197 Å². The summed E-state index contributed by atoms with van der Waals surface area (Å²) < 4.78 is 2.32. The minimum Gasteiger partial charge on any atom is -0.309 e. The lowest BCUT2D eigenvalue weighted by Crippen LogP contribution is -2.22. The van der Waals surface area contributed by atoms with Crippen molar-refractivity contribution in [3.8, 4) is 39.5 Å². The number of aliphatic imine (C=N–C) groups is 3. The van der Waals surface area contributed by atoms with E-state index in [1.54, 1.807) is 0 Å². The van der Waals surface area contributed by atoms with Gasteiger partial charge in [0.05, 0.1) is 23.3 Å². The molecule has 0 radical (unpaired) electrons. The second-order valence-electron chi connectivity index (χ2n) is 15.4. The van der Waals surface area contributed by atoms with Gasteiger partial charge in [-0.15, -0.1) is 0 Å². The van der Waals surface area contributed by atoms with Gasteiger partial charge in [0.1, 0.15) is 5.69 Å². The monoisotopic (exact) mass is 760 g/mol. The van der Waals surface area contributed by atoms with Crippen molar-refractivity contribution in [3.05, 3.63) is 210 Å². The molecule has 0 saturated heterocycles. The average Bonchev–Trinajstić information content (AvgIpc) is 3.75. The van der Waals surface area contributed by atoms with Crippen LogP contribution in [0.1, 0.15) is 41.8 Å². The van der Waals surface area contributed by atoms with Gasteiger partial charge in [0.2, 0.25) is 0 Å². The number of nitrogens with zero attached hydrogens (tertiary/aromatic N) is 6. The molecule has 282 valence electrons. The normalized spacial score (nSPS) is 13.4. The standard InChI is InChI=1S/C53H40N6/c1-53(2)44-25-15-13-24-42(44)48-47(53)49(57-51(56-48)39-31-32-46-43(33-39)41-23-14-16-26-45(41)59(46)40-21-11-6-12-22-40)52(55-34-35-17-7-4-8-18-35)58-50(54-3)38-29-27-37(28-30-38)36-19-9-5-10-20-36/h4-33H,3,34H2,1-2H3. The molecule has 0 aliphatic heterocycles. The van der Waals surface area contributed by atoms with E-state index in [-0.39, 0.29) is 0 Å². The maximum atomic E-state index is 5.47. The Balaban J connectivity index is 1.19. The number of aromatic nitrogens is 3. The SMILES string of the molecule is C=NC(=NC(=NCc1ccccc1)c1nc(-c2ccc3c(c2)c2ccccc2n3-c2ccccc2)nc2c1C(C)(C)c1ccccc1-2)c1ccc(-c2ccccc2)cc1. The summed E-state index contributed by atoms with van der Waals surface area (Å²) in [6, 6.07) is 63.0. The first-order valence-electron chi connectivity index (χ1n) is 19.9. The molecule has 2 aromatic heterocycles. The van der Waals surface area contributed by atoms with Gasteiger partial charge in [-0.05, 0) is 65.4 Å². The van der Waals surface area contributed by atoms with Gasteiger partial charge < -0.3 is 4.57 Å². The topological polar surface area (TPSA) is 67.8 Å². The Morgan fingerprint density at radius 3 is 1.98 bits per heavy atom. The molecule has 0 saturated carbocycles. The van der Waals surface area contributed by atoms with E-state index in [1.165, 1.54) is 5.56 Å². The molecule has 59 heavy (non-hydrogen) atoms. The van der Waals surface area contributed by atoms with Crippen molar-refractivity contribution in [1.82, 2.24) is 14.5 Å². The molecule has 0 fully saturated rings. The predicted octanol–water partition coefficient (Wildman–Crippen LogP) is 12.3. The number of rotatable bonds is 7. The van der Waals surface area contributed by atoms with Crippen LogP contribution in [-0.2, 0) is 12.0 Å². The van der Waals surface area contributed by atoms with E-state index in [0.29, 0.717) is 29.7 Å². The minimum absolute atomic E-state index is 0.406. The molecule has 6 nitrogen and oxygen atoms in total. The van der Waals surface area contributed by atoms with Crippen LogP contribution in [0.2, 0.25) is 0 Å². The van der Waals surface area contributed by atoms with E-state index < -0.39 is 5.41 Å². The second kappa shape index (κ2) is 14.7. The number of amidine groups is 2. The van der Waals surface area contributed by atoms with E-state index in [1.807, 2.05) is 48.5 Å². The van der Waals surface area contributed by atoms with Gasteiger partial charge in [0.25, 0.3) is 0 Å². The number of benzene rings is 7. The van der Waals surface area contributed by atoms with E-state index >= 15 is 0 Å². The summed E-state index contributed by atoms with van der Waals surface area (Å²) in [5, 5.41) is 2.29. The largest absolute Gasteiger partial charge is 0.309 e. The van der Waals surface area contributed by atoms with Crippen molar-refractivity contribution in [1.29, 1.82) is 0 Å². The Bertz CT molecular complexity index is 3090. The fourth-order valence-electron chi connectivity index (χ4n) is 8.52. The molecule has 7 aromatic carbocycles. The highest BCUT2D eigenvalue weighted by Crippen LogP contribution is 2.49. The van der Waals surface area contributed by atoms with Gasteiger partial charge in [0, 0.05) is 44.1 Å². The molecule has 9 aromatic rings. The molecule has 10 rings (SSSR count). The van der Waals surface area contributed by atoms with E-state index in [9.17, 15) is 0 Å². The molecule has 6 heteroatoms. The van der Waals surface area contributed by atoms with Crippen LogP contribution in [0.3, 0.4) is 0 Å². The first-order chi connectivity index (χ1) is 29.0. The van der Waals surface area contributed by atoms with Crippen LogP contribution < -0.4 is 0 Å². The Hall–Kier alpha value is -7.57. The van der Waals surface area contributed by atoms with Gasteiger partial charge in [-0.25, -0.2) is 20.0 Å². The number of para-hydroxylation sites is 2. The fraction of sp³-hybridized carbons (Fsp3) is 0.0755. The highest BCUT2D eigenvalue weighted by atomic mass is 15.0. The minimum atomic E-state index is -0.436. The molecule has 2 heterocycles. The zero-order valence-corrected chi connectivity index (χ0v) is 32.9. The summed E-state index contributed by atoms with van der Waals surface area (Å²) in [5.74, 6) is 1.55. The smallest absolute Gasteiger partial charge is 0.176 e. The summed E-state index contributed by atoms with van der Waals surface area (Å²) in [6.07, 6.45) is 0. The molecule has 0 bridgehead atoms. The van der Waals surface area contributed by atoms with E-state index in [0.717, 1.165) is 72.1 Å².